The molecule has 1 saturated heterocycles. The molecule has 1 aliphatic rings. The van der Waals surface area contributed by atoms with E-state index in [1.165, 1.54) is 12.4 Å². The third kappa shape index (κ3) is 2.09. The van der Waals surface area contributed by atoms with Crippen LogP contribution in [0.4, 0.5) is 5.95 Å². The summed E-state index contributed by atoms with van der Waals surface area (Å²) >= 11 is 0. The van der Waals surface area contributed by atoms with E-state index in [4.69, 9.17) is 15.2 Å². The van der Waals surface area contributed by atoms with Crippen LogP contribution >= 0.6 is 0 Å². The number of anilines is 1. The SMILES string of the molecule is OCC1CN(c2ncc(B(O)O)cn2)C1. The lowest BCUT2D eigenvalue weighted by molar-refractivity contribution is 0.199. The highest BCUT2D eigenvalue weighted by Crippen LogP contribution is 2.19. The van der Waals surface area contributed by atoms with Crippen molar-refractivity contribution in [2.24, 2.45) is 5.92 Å². The summed E-state index contributed by atoms with van der Waals surface area (Å²) in [7, 11) is -1.53. The molecule has 0 atom stereocenters. The Hall–Kier alpha value is -1.18. The molecular weight excluding hydrogens is 197 g/mol. The van der Waals surface area contributed by atoms with E-state index in [1.807, 2.05) is 4.90 Å². The predicted molar refractivity (Wildman–Crippen MR) is 54.6 cm³/mol. The molecule has 1 aliphatic heterocycles. The number of hydrogen-bond donors (Lipinski definition) is 3. The van der Waals surface area contributed by atoms with Crippen LogP contribution in [-0.4, -0.2) is 51.9 Å². The first-order chi connectivity index (χ1) is 7.20. The van der Waals surface area contributed by atoms with E-state index in [2.05, 4.69) is 9.97 Å². The molecule has 6 nitrogen and oxygen atoms in total. The molecule has 0 unspecified atom stereocenters. The first kappa shape index (κ1) is 10.3. The number of hydrogen-bond acceptors (Lipinski definition) is 6. The van der Waals surface area contributed by atoms with E-state index in [9.17, 15) is 0 Å². The molecule has 1 aromatic rings. The Morgan fingerprint density at radius 2 is 1.93 bits per heavy atom. The highest BCUT2D eigenvalue weighted by atomic mass is 16.4. The van der Waals surface area contributed by atoms with Gasteiger partial charge < -0.3 is 20.1 Å². The van der Waals surface area contributed by atoms with Crippen LogP contribution in [-0.2, 0) is 0 Å². The number of nitrogens with zero attached hydrogens (tertiary/aromatic N) is 3. The number of aromatic nitrogens is 2. The van der Waals surface area contributed by atoms with Crippen LogP contribution in [0, 0.1) is 5.92 Å². The summed E-state index contributed by atoms with van der Waals surface area (Å²) in [6.07, 6.45) is 2.78. The summed E-state index contributed by atoms with van der Waals surface area (Å²) in [5.41, 5.74) is 0.276. The van der Waals surface area contributed by atoms with Crippen LogP contribution in [0.15, 0.2) is 12.4 Å². The van der Waals surface area contributed by atoms with Crippen LogP contribution in [0.2, 0.25) is 0 Å². The van der Waals surface area contributed by atoms with Crippen molar-refractivity contribution in [1.29, 1.82) is 0 Å². The predicted octanol–water partition coefficient (Wildman–Crippen LogP) is -2.42. The molecular formula is C8H12BN3O3. The van der Waals surface area contributed by atoms with Crippen LogP contribution in [0.3, 0.4) is 0 Å². The first-order valence-corrected chi connectivity index (χ1v) is 4.74. The van der Waals surface area contributed by atoms with Crippen molar-refractivity contribution in [3.63, 3.8) is 0 Å². The first-order valence-electron chi connectivity index (χ1n) is 4.74. The minimum atomic E-state index is -1.53. The van der Waals surface area contributed by atoms with Gasteiger partial charge in [0.25, 0.3) is 0 Å². The number of aliphatic hydroxyl groups is 1. The van der Waals surface area contributed by atoms with Gasteiger partial charge in [0.05, 0.1) is 0 Å². The van der Waals surface area contributed by atoms with Crippen molar-refractivity contribution >= 4 is 18.5 Å². The van der Waals surface area contributed by atoms with Crippen molar-refractivity contribution in [1.82, 2.24) is 9.97 Å². The monoisotopic (exact) mass is 209 g/mol. The molecule has 80 valence electrons. The average molecular weight is 209 g/mol. The molecule has 0 saturated carbocycles. The molecule has 1 aromatic heterocycles. The fourth-order valence-electron chi connectivity index (χ4n) is 1.48. The third-order valence-electron chi connectivity index (χ3n) is 2.45. The lowest BCUT2D eigenvalue weighted by Gasteiger charge is -2.38. The summed E-state index contributed by atoms with van der Waals surface area (Å²) in [6, 6.07) is 0. The Labute approximate surface area is 87.4 Å². The Morgan fingerprint density at radius 1 is 1.33 bits per heavy atom. The van der Waals surface area contributed by atoms with Gasteiger partial charge in [0, 0.05) is 43.5 Å². The van der Waals surface area contributed by atoms with Gasteiger partial charge in [-0.25, -0.2) is 9.97 Å². The van der Waals surface area contributed by atoms with Gasteiger partial charge in [-0.1, -0.05) is 0 Å². The number of aliphatic hydroxyl groups excluding tert-OH is 1. The van der Waals surface area contributed by atoms with Gasteiger partial charge in [0.2, 0.25) is 5.95 Å². The van der Waals surface area contributed by atoms with Gasteiger partial charge in [0.15, 0.2) is 0 Å². The quantitative estimate of drug-likeness (QED) is 0.480. The van der Waals surface area contributed by atoms with Crippen LogP contribution < -0.4 is 10.4 Å². The van der Waals surface area contributed by atoms with E-state index in [-0.39, 0.29) is 12.1 Å². The second-order valence-corrected chi connectivity index (χ2v) is 3.64. The van der Waals surface area contributed by atoms with Crippen LogP contribution in [0.25, 0.3) is 0 Å². The zero-order valence-electron chi connectivity index (χ0n) is 8.11. The van der Waals surface area contributed by atoms with Crippen molar-refractivity contribution in [3.8, 4) is 0 Å². The molecule has 2 heterocycles. The number of rotatable bonds is 3. The Kier molecular flexibility index (Phi) is 2.85. The lowest BCUT2D eigenvalue weighted by atomic mass is 9.83. The topological polar surface area (TPSA) is 89.7 Å². The molecule has 7 heteroatoms. The minimum absolute atomic E-state index is 0.184. The maximum atomic E-state index is 8.83. The van der Waals surface area contributed by atoms with E-state index >= 15 is 0 Å². The Morgan fingerprint density at radius 3 is 2.40 bits per heavy atom. The summed E-state index contributed by atoms with van der Waals surface area (Å²) < 4.78 is 0. The lowest BCUT2D eigenvalue weighted by Crippen LogP contribution is -2.49. The van der Waals surface area contributed by atoms with E-state index in [0.29, 0.717) is 11.9 Å². The maximum Gasteiger partial charge on any atom is 0.491 e. The summed E-state index contributed by atoms with van der Waals surface area (Å²) in [4.78, 5) is 9.93. The molecule has 0 amide bonds. The van der Waals surface area contributed by atoms with Crippen molar-refractivity contribution in [3.05, 3.63) is 12.4 Å². The molecule has 15 heavy (non-hydrogen) atoms. The normalized spacial score (nSPS) is 16.3. The molecule has 0 aliphatic carbocycles. The maximum absolute atomic E-state index is 8.83. The fraction of sp³-hybridized carbons (Fsp3) is 0.500. The van der Waals surface area contributed by atoms with Crippen LogP contribution in [0.1, 0.15) is 0 Å². The van der Waals surface area contributed by atoms with Gasteiger partial charge in [0.1, 0.15) is 0 Å². The second kappa shape index (κ2) is 4.14. The summed E-state index contributed by atoms with van der Waals surface area (Å²) in [6.45, 7) is 1.68. The summed E-state index contributed by atoms with van der Waals surface area (Å²) in [5.74, 6) is 0.862. The van der Waals surface area contributed by atoms with Crippen molar-refractivity contribution in [2.75, 3.05) is 24.6 Å². The highest BCUT2D eigenvalue weighted by Gasteiger charge is 2.27. The van der Waals surface area contributed by atoms with Gasteiger partial charge >= 0.3 is 7.12 Å². The van der Waals surface area contributed by atoms with Gasteiger partial charge in [-0.3, -0.25) is 0 Å². The fourth-order valence-corrected chi connectivity index (χ4v) is 1.48. The molecule has 0 spiro atoms. The third-order valence-corrected chi connectivity index (χ3v) is 2.45. The minimum Gasteiger partial charge on any atom is -0.423 e. The molecule has 0 aromatic carbocycles. The van der Waals surface area contributed by atoms with E-state index in [0.717, 1.165) is 13.1 Å². The second-order valence-electron chi connectivity index (χ2n) is 3.64. The average Bonchev–Trinajstić information content (AvgIpc) is 2.17. The molecule has 3 N–H and O–H groups in total. The van der Waals surface area contributed by atoms with Gasteiger partial charge in [-0.2, -0.15) is 0 Å². The zero-order valence-corrected chi connectivity index (χ0v) is 8.11. The van der Waals surface area contributed by atoms with Crippen molar-refractivity contribution in [2.45, 2.75) is 0 Å². The summed E-state index contributed by atoms with van der Waals surface area (Å²) in [5, 5.41) is 26.5. The smallest absolute Gasteiger partial charge is 0.423 e. The molecule has 0 bridgehead atoms. The molecule has 1 fully saturated rings. The zero-order chi connectivity index (χ0) is 10.8. The Bertz CT molecular complexity index is 326. The van der Waals surface area contributed by atoms with Crippen molar-refractivity contribution < 1.29 is 15.2 Å². The molecule has 2 rings (SSSR count). The largest absolute Gasteiger partial charge is 0.491 e. The van der Waals surface area contributed by atoms with Gasteiger partial charge in [-0.05, 0) is 0 Å². The van der Waals surface area contributed by atoms with Crippen LogP contribution in [0.5, 0.6) is 0 Å². The van der Waals surface area contributed by atoms with Gasteiger partial charge in [-0.15, -0.1) is 0 Å². The Balaban J connectivity index is 1.99. The molecule has 0 radical (unpaired) electrons. The standard InChI is InChI=1S/C8H12BN3O3/c13-5-6-3-12(4-6)8-10-1-7(2-11-8)9(14)15/h1-2,6,13-15H,3-5H2. The van der Waals surface area contributed by atoms with E-state index in [1.54, 1.807) is 0 Å². The van der Waals surface area contributed by atoms with E-state index < -0.39 is 7.12 Å². The highest BCUT2D eigenvalue weighted by molar-refractivity contribution is 6.58.